The van der Waals surface area contributed by atoms with Gasteiger partial charge in [0.25, 0.3) is 0 Å². The van der Waals surface area contributed by atoms with E-state index >= 15 is 0 Å². The van der Waals surface area contributed by atoms with Gasteiger partial charge in [-0.25, -0.2) is 0 Å². The molecular weight excluding hydrogens is 593 g/mol. The van der Waals surface area contributed by atoms with Gasteiger partial charge in [-0.15, -0.1) is 0 Å². The van der Waals surface area contributed by atoms with Crippen molar-refractivity contribution in [2.24, 2.45) is 5.92 Å². The summed E-state index contributed by atoms with van der Waals surface area (Å²) in [5.41, 5.74) is 2.39. The van der Waals surface area contributed by atoms with Gasteiger partial charge in [0.2, 0.25) is 0 Å². The zero-order valence-electron chi connectivity index (χ0n) is 26.8. The van der Waals surface area contributed by atoms with Gasteiger partial charge in [0.05, 0.1) is 25.4 Å². The molecule has 240 valence electrons. The number of hydrogen-bond acceptors (Lipinski definition) is 6. The zero-order chi connectivity index (χ0) is 31.3. The van der Waals surface area contributed by atoms with Crippen molar-refractivity contribution in [3.8, 4) is 0 Å². The summed E-state index contributed by atoms with van der Waals surface area (Å²) in [7, 11) is 7.12. The van der Waals surface area contributed by atoms with Gasteiger partial charge < -0.3 is 18.9 Å². The van der Waals surface area contributed by atoms with E-state index in [1.807, 2.05) is 0 Å². The van der Waals surface area contributed by atoms with E-state index in [0.717, 1.165) is 57.7 Å². The lowest BCUT2D eigenvalue weighted by molar-refractivity contribution is -0.0401. The summed E-state index contributed by atoms with van der Waals surface area (Å²) < 4.78 is 25.3. The van der Waals surface area contributed by atoms with Crippen LogP contribution in [0.2, 0.25) is 12.1 Å². The van der Waals surface area contributed by atoms with E-state index < -0.39 is 0 Å². The lowest BCUT2D eigenvalue weighted by Crippen LogP contribution is -2.52. The number of hydrogen-bond donors (Lipinski definition) is 0. The predicted molar refractivity (Wildman–Crippen MR) is 184 cm³/mol. The van der Waals surface area contributed by atoms with Gasteiger partial charge in [-0.3, -0.25) is 9.80 Å². The van der Waals surface area contributed by atoms with Crippen molar-refractivity contribution in [1.82, 2.24) is 9.80 Å². The maximum Gasteiger partial charge on any atom is 0.131 e. The minimum Gasteiger partial charge on any atom is -0.379 e. The summed E-state index contributed by atoms with van der Waals surface area (Å²) >= 11 is 0. The van der Waals surface area contributed by atoms with Crippen molar-refractivity contribution < 1.29 is 18.9 Å². The van der Waals surface area contributed by atoms with Gasteiger partial charge in [-0.2, -0.15) is 0 Å². The van der Waals surface area contributed by atoms with Crippen molar-refractivity contribution in [3.05, 3.63) is 83.9 Å². The van der Waals surface area contributed by atoms with Crippen LogP contribution in [-0.2, 0) is 18.9 Å². The Balaban J connectivity index is 1.30. The maximum atomic E-state index is 6.66. The molecule has 5 rings (SSSR count). The van der Waals surface area contributed by atoms with Crippen LogP contribution < -0.4 is 0 Å². The molecule has 8 heteroatoms. The summed E-state index contributed by atoms with van der Waals surface area (Å²) in [4.78, 5) is 5.21. The van der Waals surface area contributed by atoms with Gasteiger partial charge in [0.1, 0.15) is 12.5 Å². The molecule has 2 aromatic carbocycles. The highest BCUT2D eigenvalue weighted by Gasteiger charge is 2.44. The lowest BCUT2D eigenvalue weighted by atomic mass is 9.81. The third kappa shape index (κ3) is 10.3. The highest BCUT2D eigenvalue weighted by Crippen LogP contribution is 2.37. The first kappa shape index (κ1) is 34.4. The van der Waals surface area contributed by atoms with E-state index in [1.54, 1.807) is 0 Å². The van der Waals surface area contributed by atoms with E-state index in [-0.39, 0.29) is 24.7 Å². The van der Waals surface area contributed by atoms with Crippen molar-refractivity contribution >= 4 is 32.6 Å². The van der Waals surface area contributed by atoms with Crippen molar-refractivity contribution in [2.75, 3.05) is 39.5 Å². The van der Waals surface area contributed by atoms with Crippen LogP contribution in [0, 0.1) is 5.92 Å². The van der Waals surface area contributed by atoms with Crippen LogP contribution in [0.25, 0.3) is 12.2 Å². The van der Waals surface area contributed by atoms with E-state index in [1.165, 1.54) is 24.0 Å². The molecule has 0 N–H and O–H groups in total. The Morgan fingerprint density at radius 2 is 1.24 bits per heavy atom. The summed E-state index contributed by atoms with van der Waals surface area (Å²) in [5, 5.41) is 0. The molecule has 3 aliphatic rings. The predicted octanol–water partition coefficient (Wildman–Crippen LogP) is 6.01. The Morgan fingerprint density at radius 3 is 1.78 bits per heavy atom. The molecule has 0 spiro atoms. The Bertz CT molecular complexity index is 1170. The van der Waals surface area contributed by atoms with Crippen molar-refractivity contribution in [2.45, 2.75) is 87.9 Å². The van der Waals surface area contributed by atoms with E-state index in [0.29, 0.717) is 31.2 Å². The van der Waals surface area contributed by atoms with Gasteiger partial charge in [0, 0.05) is 58.9 Å². The maximum absolute atomic E-state index is 6.66. The minimum absolute atomic E-state index is 0.0623. The highest BCUT2D eigenvalue weighted by molar-refractivity contribution is 6.08. The van der Waals surface area contributed by atoms with E-state index in [9.17, 15) is 0 Å². The summed E-state index contributed by atoms with van der Waals surface area (Å²) in [6.07, 6.45) is 14.4. The summed E-state index contributed by atoms with van der Waals surface area (Å²) in [6.45, 7) is 6.97. The van der Waals surface area contributed by atoms with Crippen molar-refractivity contribution in [3.63, 3.8) is 0 Å². The summed E-state index contributed by atoms with van der Waals surface area (Å²) in [5.74, 6) is 0.579. The third-order valence-corrected chi connectivity index (χ3v) is 9.92. The van der Waals surface area contributed by atoms with Crippen LogP contribution in [-0.4, -0.2) is 107 Å². The highest BCUT2D eigenvalue weighted by atomic mass is 28.1. The van der Waals surface area contributed by atoms with Gasteiger partial charge >= 0.3 is 0 Å². The Kier molecular flexibility index (Phi) is 14.1. The zero-order valence-corrected chi connectivity index (χ0v) is 28.8. The average Bonchev–Trinajstić information content (AvgIpc) is 3.68. The molecule has 3 fully saturated rings. The van der Waals surface area contributed by atoms with Crippen LogP contribution in [0.1, 0.15) is 50.2 Å². The number of rotatable bonds is 16. The molecule has 45 heavy (non-hydrogen) atoms. The van der Waals surface area contributed by atoms with Gasteiger partial charge in [0.15, 0.2) is 0 Å². The SMILES string of the molecule is C[C@@H]1CCC(N2CC(COCCC[Si])OC2/C=C/c2ccccc2)CC1N1CC(COCCC[Si])OC1/C=C/c1ccccc1. The Hall–Kier alpha value is -1.89. The molecule has 2 saturated heterocycles. The number of benzene rings is 2. The second-order valence-corrected chi connectivity index (χ2v) is 13.6. The lowest BCUT2D eigenvalue weighted by Gasteiger charge is -2.44. The standard InChI is InChI=1S/C37H50N2O4Si2/c1-29-14-17-32(38-25-33(27-40-20-8-22-44)42-36(38)18-15-30-10-4-2-5-11-30)24-35(29)39-26-34(28-41-21-9-23-45)43-37(39)19-16-31-12-6-3-7-13-31/h2-7,10-13,15-16,18-19,29,32-37H,8-9,14,17,20-28H2,1H3/b18-15+,19-16+/t29-,32?,33?,34?,35?,36?,37?/m1/s1. The van der Waals surface area contributed by atoms with E-state index in [4.69, 9.17) is 18.9 Å². The quantitative estimate of drug-likeness (QED) is 0.165. The largest absolute Gasteiger partial charge is 0.379 e. The molecule has 2 heterocycles. The van der Waals surface area contributed by atoms with Crippen LogP contribution in [0.4, 0.5) is 0 Å². The molecular formula is C37H50N2O4Si2. The molecule has 1 saturated carbocycles. The third-order valence-electron chi connectivity index (χ3n) is 9.21. The smallest absolute Gasteiger partial charge is 0.131 e. The molecule has 0 bridgehead atoms. The molecule has 0 aromatic heterocycles. The van der Waals surface area contributed by atoms with Gasteiger partial charge in [-0.1, -0.05) is 91.8 Å². The first-order valence-corrected chi connectivity index (χ1v) is 18.3. The molecule has 0 amide bonds. The first-order valence-electron chi connectivity index (χ1n) is 16.9. The topological polar surface area (TPSA) is 43.4 Å². The second-order valence-electron chi connectivity index (χ2n) is 12.6. The fraction of sp³-hybridized carbons (Fsp3) is 0.568. The molecule has 2 aromatic rings. The molecule has 1 aliphatic carbocycles. The summed E-state index contributed by atoms with van der Waals surface area (Å²) in [6, 6.07) is 23.8. The number of nitrogens with zero attached hydrogens (tertiary/aromatic N) is 2. The first-order chi connectivity index (χ1) is 22.1. The van der Waals surface area contributed by atoms with Crippen LogP contribution in [0.5, 0.6) is 0 Å². The molecule has 2 aliphatic heterocycles. The van der Waals surface area contributed by atoms with Crippen LogP contribution >= 0.6 is 0 Å². The fourth-order valence-corrected chi connectivity index (χ4v) is 7.11. The van der Waals surface area contributed by atoms with Crippen LogP contribution in [0.15, 0.2) is 72.8 Å². The Morgan fingerprint density at radius 1 is 0.733 bits per heavy atom. The van der Waals surface area contributed by atoms with Crippen molar-refractivity contribution in [1.29, 1.82) is 0 Å². The second kappa shape index (κ2) is 18.5. The van der Waals surface area contributed by atoms with E-state index in [2.05, 4.69) is 122 Å². The molecule has 6 unspecified atom stereocenters. The van der Waals surface area contributed by atoms with Gasteiger partial charge in [-0.05, 0) is 61.3 Å². The molecule has 6 nitrogen and oxygen atoms in total. The molecule has 7 atom stereocenters. The normalized spacial score (nSPS) is 29.8. The monoisotopic (exact) mass is 642 g/mol. The fourth-order valence-electron chi connectivity index (χ4n) is 6.82. The minimum atomic E-state index is -0.0696. The number of ether oxygens (including phenoxy) is 4. The van der Waals surface area contributed by atoms with Crippen LogP contribution in [0.3, 0.4) is 0 Å². The Labute approximate surface area is 278 Å². The average molecular weight is 643 g/mol. The molecule has 6 radical (unpaired) electrons.